The summed E-state index contributed by atoms with van der Waals surface area (Å²) in [6.45, 7) is 15.1. The molecule has 4 aliphatic carbocycles. The molecule has 2 nitrogen and oxygen atoms in total. The van der Waals surface area contributed by atoms with Gasteiger partial charge in [0.1, 0.15) is 15.7 Å². The van der Waals surface area contributed by atoms with E-state index < -0.39 is 0 Å². The van der Waals surface area contributed by atoms with Crippen molar-refractivity contribution in [3.63, 3.8) is 0 Å². The van der Waals surface area contributed by atoms with Crippen molar-refractivity contribution in [1.29, 1.82) is 0 Å². The zero-order valence-corrected chi connectivity index (χ0v) is 24.7. The van der Waals surface area contributed by atoms with Gasteiger partial charge in [-0.2, -0.15) is 0 Å². The predicted octanol–water partition coefficient (Wildman–Crippen LogP) is 6.66. The first kappa shape index (κ1) is 27.8. The molecular formula is C31H56B2O2. The normalized spacial score (nSPS) is 43.9. The van der Waals surface area contributed by atoms with Gasteiger partial charge in [-0.15, -0.1) is 0 Å². The Balaban J connectivity index is 1.49. The van der Waals surface area contributed by atoms with Crippen molar-refractivity contribution in [2.45, 2.75) is 116 Å². The molecule has 0 radical (unpaired) electrons. The molecule has 0 heterocycles. The molecule has 0 saturated heterocycles. The van der Waals surface area contributed by atoms with Gasteiger partial charge in [-0.1, -0.05) is 83.7 Å². The number of allylic oxidation sites excluding steroid dienone is 2. The van der Waals surface area contributed by atoms with Gasteiger partial charge in [-0.05, 0) is 84.3 Å². The molecule has 35 heavy (non-hydrogen) atoms. The monoisotopic (exact) mass is 482 g/mol. The minimum atomic E-state index is 0.416. The third kappa shape index (κ3) is 4.75. The SMILES string of the molecule is BC12CC=C3CC(COCCOC)CCC3(C)C1CCC1(C)C2CC[C@]1(B)[C@H](C)CCCC(C)C. The summed E-state index contributed by atoms with van der Waals surface area (Å²) in [6.07, 6.45) is 18.1. The number of ether oxygens (including phenoxy) is 2. The van der Waals surface area contributed by atoms with Gasteiger partial charge < -0.3 is 9.47 Å². The maximum Gasteiger partial charge on any atom is 0.110 e. The maximum atomic E-state index is 5.96. The van der Waals surface area contributed by atoms with Crippen LogP contribution in [0.3, 0.4) is 0 Å². The fourth-order valence-electron chi connectivity index (χ4n) is 10.2. The van der Waals surface area contributed by atoms with Crippen molar-refractivity contribution in [1.82, 2.24) is 0 Å². The quantitative estimate of drug-likeness (QED) is 0.197. The number of rotatable bonds is 10. The molecule has 0 N–H and O–H groups in total. The van der Waals surface area contributed by atoms with E-state index in [2.05, 4.69) is 56.4 Å². The van der Waals surface area contributed by atoms with Crippen LogP contribution in [0.4, 0.5) is 0 Å². The van der Waals surface area contributed by atoms with Gasteiger partial charge in [0.05, 0.1) is 13.2 Å². The number of fused-ring (bicyclic) bond motifs is 5. The van der Waals surface area contributed by atoms with E-state index in [0.29, 0.717) is 34.0 Å². The minimum Gasteiger partial charge on any atom is -0.382 e. The van der Waals surface area contributed by atoms with Crippen molar-refractivity contribution in [2.75, 3.05) is 26.9 Å². The van der Waals surface area contributed by atoms with E-state index in [9.17, 15) is 0 Å². The van der Waals surface area contributed by atoms with Gasteiger partial charge in [0.25, 0.3) is 0 Å². The summed E-state index contributed by atoms with van der Waals surface area (Å²) in [4.78, 5) is 0. The molecule has 4 aliphatic rings. The third-order valence-corrected chi connectivity index (χ3v) is 12.7. The highest BCUT2D eigenvalue weighted by Crippen LogP contribution is 2.78. The Kier molecular flexibility index (Phi) is 8.35. The zero-order valence-electron chi connectivity index (χ0n) is 24.7. The summed E-state index contributed by atoms with van der Waals surface area (Å²) in [5.74, 6) is 4.13. The van der Waals surface area contributed by atoms with E-state index in [1.54, 1.807) is 12.7 Å². The standard InChI is InChI=1S/C31H56B2O2/c1-22(2)8-7-9-23(3)31(33)17-13-27-29(31,5)15-12-26-28(4)14-10-24(21-35-19-18-34-6)20-25(28)11-16-30(26,27)32/h11,22-24,26-27H,7-10,12-21,32-33H2,1-6H3/t23-,24?,26?,27?,28?,29?,30?,31+/m1/s1. The molecule has 0 spiro atoms. The fourth-order valence-corrected chi connectivity index (χ4v) is 10.2. The van der Waals surface area contributed by atoms with Crippen LogP contribution in [-0.2, 0) is 9.47 Å². The summed E-state index contributed by atoms with van der Waals surface area (Å²) < 4.78 is 11.1. The van der Waals surface area contributed by atoms with Gasteiger partial charge in [-0.25, -0.2) is 0 Å². The van der Waals surface area contributed by atoms with E-state index >= 15 is 0 Å². The highest BCUT2D eigenvalue weighted by molar-refractivity contribution is 6.18. The van der Waals surface area contributed by atoms with Crippen LogP contribution in [0.5, 0.6) is 0 Å². The first-order chi connectivity index (χ1) is 16.5. The first-order valence-corrected chi connectivity index (χ1v) is 15.3. The van der Waals surface area contributed by atoms with Gasteiger partial charge in [0.15, 0.2) is 0 Å². The lowest BCUT2D eigenvalue weighted by Crippen LogP contribution is -2.55. The second-order valence-electron chi connectivity index (χ2n) is 14.8. The van der Waals surface area contributed by atoms with Crippen LogP contribution in [-0.4, -0.2) is 42.6 Å². The Labute approximate surface area is 220 Å². The smallest absolute Gasteiger partial charge is 0.110 e. The van der Waals surface area contributed by atoms with Crippen molar-refractivity contribution in [2.24, 2.45) is 40.4 Å². The van der Waals surface area contributed by atoms with E-state index in [-0.39, 0.29) is 0 Å². The fraction of sp³-hybridized carbons (Fsp3) is 0.935. The highest BCUT2D eigenvalue weighted by Gasteiger charge is 2.66. The molecular weight excluding hydrogens is 426 g/mol. The second-order valence-corrected chi connectivity index (χ2v) is 14.8. The predicted molar refractivity (Wildman–Crippen MR) is 155 cm³/mol. The molecule has 8 atom stereocenters. The summed E-state index contributed by atoms with van der Waals surface area (Å²) in [7, 11) is 7.19. The Hall–Kier alpha value is -0.210. The maximum absolute atomic E-state index is 5.96. The molecule has 0 aromatic rings. The minimum absolute atomic E-state index is 0.416. The van der Waals surface area contributed by atoms with E-state index in [4.69, 9.17) is 9.47 Å². The summed E-state index contributed by atoms with van der Waals surface area (Å²) in [5.41, 5.74) is 2.71. The van der Waals surface area contributed by atoms with Crippen LogP contribution in [0.25, 0.3) is 0 Å². The van der Waals surface area contributed by atoms with Crippen molar-refractivity contribution >= 4 is 15.7 Å². The molecule has 6 unspecified atom stereocenters. The van der Waals surface area contributed by atoms with Gasteiger partial charge >= 0.3 is 0 Å². The topological polar surface area (TPSA) is 18.5 Å². The first-order valence-electron chi connectivity index (χ1n) is 15.3. The molecule has 4 heteroatoms. The second kappa shape index (κ2) is 10.5. The van der Waals surface area contributed by atoms with Gasteiger partial charge in [-0.3, -0.25) is 0 Å². The number of hydrogen-bond donors (Lipinski definition) is 0. The molecule has 4 rings (SSSR count). The summed E-state index contributed by atoms with van der Waals surface area (Å²) in [6, 6.07) is 0. The van der Waals surface area contributed by atoms with E-state index in [0.717, 1.165) is 36.9 Å². The molecule has 3 fully saturated rings. The van der Waals surface area contributed by atoms with Crippen LogP contribution < -0.4 is 0 Å². The lowest BCUT2D eigenvalue weighted by Gasteiger charge is -2.65. The number of hydrogen-bond acceptors (Lipinski definition) is 2. The van der Waals surface area contributed by atoms with Gasteiger partial charge in [0.2, 0.25) is 0 Å². The highest BCUT2D eigenvalue weighted by atomic mass is 16.5. The summed E-state index contributed by atoms with van der Waals surface area (Å²) >= 11 is 0. The molecule has 0 aromatic carbocycles. The molecule has 198 valence electrons. The average molecular weight is 482 g/mol. The van der Waals surface area contributed by atoms with Crippen molar-refractivity contribution in [3.8, 4) is 0 Å². The summed E-state index contributed by atoms with van der Waals surface area (Å²) in [5, 5.41) is 0.979. The Morgan fingerprint density at radius 1 is 0.971 bits per heavy atom. The van der Waals surface area contributed by atoms with E-state index in [1.807, 2.05) is 0 Å². The Morgan fingerprint density at radius 3 is 2.43 bits per heavy atom. The van der Waals surface area contributed by atoms with Crippen LogP contribution in [0.1, 0.15) is 105 Å². The lowest BCUT2D eigenvalue weighted by molar-refractivity contribution is -0.0413. The Bertz CT molecular complexity index is 767. The molecule has 0 bridgehead atoms. The number of methoxy groups -OCH3 is 1. The molecule has 3 saturated carbocycles. The van der Waals surface area contributed by atoms with Crippen LogP contribution in [0.2, 0.25) is 10.6 Å². The van der Waals surface area contributed by atoms with E-state index in [1.165, 1.54) is 70.6 Å². The molecule has 0 aliphatic heterocycles. The van der Waals surface area contributed by atoms with Gasteiger partial charge in [0, 0.05) is 13.7 Å². The van der Waals surface area contributed by atoms with Crippen LogP contribution >= 0.6 is 0 Å². The zero-order chi connectivity index (χ0) is 25.5. The lowest BCUT2D eigenvalue weighted by atomic mass is 9.32. The molecule has 0 aromatic heterocycles. The average Bonchev–Trinajstić information content (AvgIpc) is 3.09. The van der Waals surface area contributed by atoms with Crippen molar-refractivity contribution < 1.29 is 9.47 Å². The Morgan fingerprint density at radius 2 is 1.71 bits per heavy atom. The largest absolute Gasteiger partial charge is 0.382 e. The molecule has 0 amide bonds. The van der Waals surface area contributed by atoms with Crippen molar-refractivity contribution in [3.05, 3.63) is 11.6 Å². The van der Waals surface area contributed by atoms with Crippen LogP contribution in [0, 0.1) is 40.4 Å². The van der Waals surface area contributed by atoms with Crippen LogP contribution in [0.15, 0.2) is 11.6 Å². The third-order valence-electron chi connectivity index (χ3n) is 12.7.